The van der Waals surface area contributed by atoms with Crippen molar-refractivity contribution in [1.82, 2.24) is 4.98 Å². The molecule has 0 aromatic carbocycles. The molecule has 1 unspecified atom stereocenters. The van der Waals surface area contributed by atoms with Crippen LogP contribution in [0.3, 0.4) is 0 Å². The third kappa shape index (κ3) is 6.76. The quantitative estimate of drug-likeness (QED) is 0.634. The van der Waals surface area contributed by atoms with Crippen molar-refractivity contribution in [2.45, 2.75) is 57.6 Å². The minimum absolute atomic E-state index is 0.107. The molecule has 1 aromatic heterocycles. The SMILES string of the molecule is CN=S(C)(=O)c1cc(Br)cnc1N(C(=O)OC(C)(C)C)C(=O)OC(C)(C)C. The minimum atomic E-state index is -2.93. The molecular formula is C17H26BrN3O5S. The molecule has 0 fully saturated rings. The molecule has 0 aliphatic rings. The van der Waals surface area contributed by atoms with Crippen LogP contribution in [-0.4, -0.2) is 45.9 Å². The van der Waals surface area contributed by atoms with E-state index in [1.54, 1.807) is 41.5 Å². The second-order valence-electron chi connectivity index (χ2n) is 7.76. The monoisotopic (exact) mass is 463 g/mol. The van der Waals surface area contributed by atoms with Crippen molar-refractivity contribution in [3.8, 4) is 0 Å². The number of nitrogens with zero attached hydrogens (tertiary/aromatic N) is 3. The predicted molar refractivity (Wildman–Crippen MR) is 108 cm³/mol. The Hall–Kier alpha value is -1.68. The second kappa shape index (κ2) is 8.14. The number of aromatic nitrogens is 1. The van der Waals surface area contributed by atoms with Gasteiger partial charge in [-0.15, -0.1) is 0 Å². The zero-order valence-corrected chi connectivity index (χ0v) is 19.2. The van der Waals surface area contributed by atoms with Crippen LogP contribution in [0.15, 0.2) is 26.0 Å². The van der Waals surface area contributed by atoms with Gasteiger partial charge < -0.3 is 9.47 Å². The molecule has 0 N–H and O–H groups in total. The van der Waals surface area contributed by atoms with E-state index in [9.17, 15) is 13.8 Å². The van der Waals surface area contributed by atoms with E-state index in [0.717, 1.165) is 0 Å². The number of anilines is 1. The third-order valence-electron chi connectivity index (χ3n) is 2.92. The van der Waals surface area contributed by atoms with Crippen molar-refractivity contribution in [2.75, 3.05) is 18.2 Å². The van der Waals surface area contributed by atoms with Crippen molar-refractivity contribution < 1.29 is 23.3 Å². The van der Waals surface area contributed by atoms with Gasteiger partial charge in [0, 0.05) is 24.0 Å². The van der Waals surface area contributed by atoms with Crippen LogP contribution >= 0.6 is 15.9 Å². The van der Waals surface area contributed by atoms with Crippen molar-refractivity contribution in [1.29, 1.82) is 0 Å². The Labute approximate surface area is 168 Å². The largest absolute Gasteiger partial charge is 0.443 e. The van der Waals surface area contributed by atoms with Gasteiger partial charge in [0.2, 0.25) is 0 Å². The Morgan fingerprint density at radius 3 is 1.93 bits per heavy atom. The van der Waals surface area contributed by atoms with E-state index in [2.05, 4.69) is 25.3 Å². The fourth-order valence-electron chi connectivity index (χ4n) is 1.82. The Morgan fingerprint density at radius 1 is 1.11 bits per heavy atom. The van der Waals surface area contributed by atoms with Crippen LogP contribution in [0.25, 0.3) is 0 Å². The maximum Gasteiger partial charge on any atom is 0.425 e. The summed E-state index contributed by atoms with van der Waals surface area (Å²) < 4.78 is 28.0. The first-order chi connectivity index (χ1) is 12.1. The Kier molecular flexibility index (Phi) is 7.04. The lowest BCUT2D eigenvalue weighted by Crippen LogP contribution is -2.44. The lowest BCUT2D eigenvalue weighted by Gasteiger charge is -2.29. The topological polar surface area (TPSA) is 98.2 Å². The summed E-state index contributed by atoms with van der Waals surface area (Å²) in [5.74, 6) is -0.153. The van der Waals surface area contributed by atoms with Crippen molar-refractivity contribution in [3.63, 3.8) is 0 Å². The highest BCUT2D eigenvalue weighted by Crippen LogP contribution is 2.29. The van der Waals surface area contributed by atoms with Crippen LogP contribution in [0, 0.1) is 0 Å². The number of imide groups is 1. The fraction of sp³-hybridized carbons (Fsp3) is 0.588. The molecule has 0 saturated heterocycles. The number of amides is 2. The van der Waals surface area contributed by atoms with Gasteiger partial charge in [-0.05, 0) is 63.5 Å². The Bertz CT molecular complexity index is 821. The normalized spacial score (nSPS) is 14.1. The molecular weight excluding hydrogens is 438 g/mol. The third-order valence-corrected chi connectivity index (χ3v) is 5.17. The first-order valence-corrected chi connectivity index (χ1v) is 10.8. The number of pyridine rings is 1. The molecule has 0 saturated carbocycles. The molecule has 8 nitrogen and oxygen atoms in total. The van der Waals surface area contributed by atoms with Crippen LogP contribution in [0.2, 0.25) is 0 Å². The highest BCUT2D eigenvalue weighted by Gasteiger charge is 2.36. The van der Waals surface area contributed by atoms with E-state index in [1.165, 1.54) is 25.6 Å². The summed E-state index contributed by atoms with van der Waals surface area (Å²) in [6.07, 6.45) is 0.798. The van der Waals surface area contributed by atoms with Crippen molar-refractivity contribution in [2.24, 2.45) is 4.36 Å². The number of carbonyl (C=O) groups is 2. The number of hydrogen-bond acceptors (Lipinski definition) is 7. The molecule has 1 heterocycles. The summed E-state index contributed by atoms with van der Waals surface area (Å²) in [4.78, 5) is 30.4. The van der Waals surface area contributed by atoms with Gasteiger partial charge in [-0.25, -0.2) is 23.1 Å². The highest BCUT2D eigenvalue weighted by atomic mass is 79.9. The van der Waals surface area contributed by atoms with Crippen molar-refractivity contribution in [3.05, 3.63) is 16.7 Å². The molecule has 0 aliphatic heterocycles. The summed E-state index contributed by atoms with van der Waals surface area (Å²) in [7, 11) is -1.54. The summed E-state index contributed by atoms with van der Waals surface area (Å²) in [6, 6.07) is 1.50. The van der Waals surface area contributed by atoms with Gasteiger partial charge in [0.1, 0.15) is 11.2 Å². The van der Waals surface area contributed by atoms with Gasteiger partial charge in [0.15, 0.2) is 5.82 Å². The number of halogens is 1. The molecule has 0 aliphatic carbocycles. The van der Waals surface area contributed by atoms with Crippen LogP contribution in [0.1, 0.15) is 41.5 Å². The lowest BCUT2D eigenvalue weighted by atomic mass is 10.2. The molecule has 10 heteroatoms. The lowest BCUT2D eigenvalue weighted by molar-refractivity contribution is 0.0428. The van der Waals surface area contributed by atoms with Crippen LogP contribution in [0.5, 0.6) is 0 Å². The summed E-state index contributed by atoms with van der Waals surface area (Å²) in [5, 5.41) is 0. The average Bonchev–Trinajstić information content (AvgIpc) is 2.45. The van der Waals surface area contributed by atoms with E-state index in [0.29, 0.717) is 9.37 Å². The fourth-order valence-corrected chi connectivity index (χ4v) is 3.33. The highest BCUT2D eigenvalue weighted by molar-refractivity contribution is 9.10. The van der Waals surface area contributed by atoms with Crippen LogP contribution in [0.4, 0.5) is 15.4 Å². The zero-order valence-electron chi connectivity index (χ0n) is 16.8. The summed E-state index contributed by atoms with van der Waals surface area (Å²) in [5.41, 5.74) is -1.73. The number of carbonyl (C=O) groups excluding carboxylic acids is 2. The molecule has 1 rings (SSSR count). The van der Waals surface area contributed by atoms with E-state index < -0.39 is 33.1 Å². The van der Waals surface area contributed by atoms with E-state index >= 15 is 0 Å². The minimum Gasteiger partial charge on any atom is -0.443 e. The Balaban J connectivity index is 3.64. The summed E-state index contributed by atoms with van der Waals surface area (Å²) in [6.45, 7) is 9.99. The van der Waals surface area contributed by atoms with Gasteiger partial charge in [-0.3, -0.25) is 0 Å². The van der Waals surface area contributed by atoms with Gasteiger partial charge in [-0.2, -0.15) is 4.90 Å². The smallest absolute Gasteiger partial charge is 0.425 e. The second-order valence-corrected chi connectivity index (χ2v) is 11.1. The standard InChI is InChI=1S/C17H26BrN3O5S/c1-16(2,3)25-14(22)21(15(23)26-17(4,5)6)13-12(27(8,24)19-7)9-11(18)10-20-13/h9-10H,1-8H3. The van der Waals surface area contributed by atoms with Crippen molar-refractivity contribution >= 4 is 43.7 Å². The molecule has 0 radical (unpaired) electrons. The van der Waals surface area contributed by atoms with Gasteiger partial charge in [0.25, 0.3) is 0 Å². The van der Waals surface area contributed by atoms with Gasteiger partial charge >= 0.3 is 12.2 Å². The van der Waals surface area contributed by atoms with Crippen LogP contribution < -0.4 is 4.90 Å². The van der Waals surface area contributed by atoms with Crippen LogP contribution in [-0.2, 0) is 19.2 Å². The van der Waals surface area contributed by atoms with E-state index in [4.69, 9.17) is 9.47 Å². The molecule has 27 heavy (non-hydrogen) atoms. The first-order valence-electron chi connectivity index (χ1n) is 8.09. The Morgan fingerprint density at radius 2 is 1.56 bits per heavy atom. The van der Waals surface area contributed by atoms with E-state index in [1.807, 2.05) is 0 Å². The number of rotatable bonds is 2. The average molecular weight is 464 g/mol. The molecule has 0 spiro atoms. The summed E-state index contributed by atoms with van der Waals surface area (Å²) >= 11 is 3.26. The molecule has 1 aromatic rings. The maximum absolute atomic E-state index is 12.9. The molecule has 152 valence electrons. The molecule has 2 amide bonds. The number of ether oxygens (including phenoxy) is 2. The van der Waals surface area contributed by atoms with Gasteiger partial charge in [-0.1, -0.05) is 0 Å². The molecule has 1 atom stereocenters. The zero-order chi connectivity index (χ0) is 21.2. The maximum atomic E-state index is 12.9. The predicted octanol–water partition coefficient (Wildman–Crippen LogP) is 4.61. The first kappa shape index (κ1) is 23.4. The van der Waals surface area contributed by atoms with Gasteiger partial charge in [0.05, 0.1) is 14.6 Å². The number of hydrogen-bond donors (Lipinski definition) is 0. The van der Waals surface area contributed by atoms with E-state index in [-0.39, 0.29) is 10.7 Å². The molecule has 0 bridgehead atoms.